The molecule has 0 saturated heterocycles. The van der Waals surface area contributed by atoms with Crippen molar-refractivity contribution in [1.29, 1.82) is 0 Å². The van der Waals surface area contributed by atoms with E-state index in [4.69, 9.17) is 11.6 Å². The van der Waals surface area contributed by atoms with E-state index in [1.807, 2.05) is 24.3 Å². The van der Waals surface area contributed by atoms with Gasteiger partial charge in [0.15, 0.2) is 5.96 Å². The predicted molar refractivity (Wildman–Crippen MR) is 107 cm³/mol. The molecule has 0 spiro atoms. The Morgan fingerprint density at radius 2 is 1.88 bits per heavy atom. The molecule has 5 nitrogen and oxygen atoms in total. The van der Waals surface area contributed by atoms with Gasteiger partial charge in [0, 0.05) is 48.3 Å². The molecule has 2 rings (SSSR count). The predicted octanol–water partition coefficient (Wildman–Crippen LogP) is 3.05. The number of aliphatic imine (C=N–C) groups is 1. The maximum atomic E-state index is 11.9. The van der Waals surface area contributed by atoms with Crippen molar-refractivity contribution in [2.24, 2.45) is 4.99 Å². The molecule has 25 heavy (non-hydrogen) atoms. The van der Waals surface area contributed by atoms with E-state index < -0.39 is 0 Å². The summed E-state index contributed by atoms with van der Waals surface area (Å²) >= 11 is 7.64. The van der Waals surface area contributed by atoms with Crippen molar-refractivity contribution in [2.45, 2.75) is 43.0 Å². The first kappa shape index (κ1) is 19.9. The zero-order valence-electron chi connectivity index (χ0n) is 14.7. The Morgan fingerprint density at radius 3 is 2.56 bits per heavy atom. The van der Waals surface area contributed by atoms with E-state index >= 15 is 0 Å². The number of halogens is 1. The molecule has 1 aliphatic carbocycles. The van der Waals surface area contributed by atoms with E-state index in [0.29, 0.717) is 19.0 Å². The van der Waals surface area contributed by atoms with Gasteiger partial charge in [0.25, 0.3) is 0 Å². The van der Waals surface area contributed by atoms with Crippen molar-refractivity contribution >= 4 is 35.2 Å². The van der Waals surface area contributed by atoms with E-state index in [2.05, 4.69) is 20.9 Å². The third-order valence-electron chi connectivity index (χ3n) is 4.07. The molecule has 7 heteroatoms. The van der Waals surface area contributed by atoms with Crippen molar-refractivity contribution in [3.8, 4) is 0 Å². The fraction of sp³-hybridized carbons (Fsp3) is 0.556. The highest BCUT2D eigenvalue weighted by molar-refractivity contribution is 7.99. The van der Waals surface area contributed by atoms with Crippen LogP contribution in [0.25, 0.3) is 0 Å². The maximum Gasteiger partial charge on any atom is 0.221 e. The molecule has 1 amide bonds. The standard InChI is InChI=1S/C18H27ClN4OS/c1-20-18(21-11-10-17(24)23-15-4-2-3-5-15)22-12-13-25-16-8-6-14(19)7-9-16/h6-9,15H,2-5,10-13H2,1H3,(H,23,24)(H2,20,21,22). The lowest BCUT2D eigenvalue weighted by Gasteiger charge is -2.14. The number of thioether (sulfide) groups is 1. The maximum absolute atomic E-state index is 11.9. The van der Waals surface area contributed by atoms with Gasteiger partial charge in [-0.15, -0.1) is 11.8 Å². The minimum absolute atomic E-state index is 0.119. The molecule has 0 aliphatic heterocycles. The highest BCUT2D eigenvalue weighted by atomic mass is 35.5. The minimum atomic E-state index is 0.119. The number of carbonyl (C=O) groups excluding carboxylic acids is 1. The number of amides is 1. The monoisotopic (exact) mass is 382 g/mol. The van der Waals surface area contributed by atoms with Gasteiger partial charge in [0.2, 0.25) is 5.91 Å². The van der Waals surface area contributed by atoms with E-state index in [9.17, 15) is 4.79 Å². The topological polar surface area (TPSA) is 65.5 Å². The number of hydrogen-bond acceptors (Lipinski definition) is 3. The van der Waals surface area contributed by atoms with Crippen LogP contribution in [0, 0.1) is 0 Å². The molecule has 1 saturated carbocycles. The van der Waals surface area contributed by atoms with Crippen molar-refractivity contribution in [3.05, 3.63) is 29.3 Å². The van der Waals surface area contributed by atoms with Crippen molar-refractivity contribution in [1.82, 2.24) is 16.0 Å². The molecule has 1 aromatic carbocycles. The lowest BCUT2D eigenvalue weighted by molar-refractivity contribution is -0.121. The molecule has 0 aromatic heterocycles. The van der Waals surface area contributed by atoms with Crippen LogP contribution in [0.5, 0.6) is 0 Å². The zero-order chi connectivity index (χ0) is 17.9. The molecule has 0 radical (unpaired) electrons. The number of guanidine groups is 1. The third kappa shape index (κ3) is 8.01. The smallest absolute Gasteiger partial charge is 0.221 e. The van der Waals surface area contributed by atoms with Gasteiger partial charge < -0.3 is 16.0 Å². The van der Waals surface area contributed by atoms with Gasteiger partial charge in [-0.05, 0) is 37.1 Å². The van der Waals surface area contributed by atoms with Crippen molar-refractivity contribution < 1.29 is 4.79 Å². The molecule has 1 fully saturated rings. The second-order valence-electron chi connectivity index (χ2n) is 6.03. The van der Waals surface area contributed by atoms with Gasteiger partial charge in [-0.1, -0.05) is 24.4 Å². The summed E-state index contributed by atoms with van der Waals surface area (Å²) in [5.74, 6) is 1.77. The van der Waals surface area contributed by atoms with Crippen LogP contribution < -0.4 is 16.0 Å². The Labute approximate surface area is 159 Å². The summed E-state index contributed by atoms with van der Waals surface area (Å²) in [6, 6.07) is 8.21. The quantitative estimate of drug-likeness (QED) is 0.280. The van der Waals surface area contributed by atoms with Gasteiger partial charge in [-0.2, -0.15) is 0 Å². The van der Waals surface area contributed by atoms with Crippen molar-refractivity contribution in [3.63, 3.8) is 0 Å². The van der Waals surface area contributed by atoms with Crippen LogP contribution in [0.3, 0.4) is 0 Å². The van der Waals surface area contributed by atoms with Crippen LogP contribution in [-0.2, 0) is 4.79 Å². The average molecular weight is 383 g/mol. The first-order chi connectivity index (χ1) is 12.2. The number of benzene rings is 1. The summed E-state index contributed by atoms with van der Waals surface area (Å²) in [5, 5.41) is 10.3. The highest BCUT2D eigenvalue weighted by Crippen LogP contribution is 2.19. The molecule has 0 heterocycles. The van der Waals surface area contributed by atoms with E-state index in [-0.39, 0.29) is 5.91 Å². The van der Waals surface area contributed by atoms with E-state index in [0.717, 1.165) is 36.1 Å². The van der Waals surface area contributed by atoms with Gasteiger partial charge in [-0.25, -0.2) is 0 Å². The first-order valence-electron chi connectivity index (χ1n) is 8.79. The van der Waals surface area contributed by atoms with Crippen LogP contribution in [-0.4, -0.2) is 43.8 Å². The molecule has 1 aliphatic rings. The van der Waals surface area contributed by atoms with Crippen LogP contribution in [0.15, 0.2) is 34.2 Å². The fourth-order valence-electron chi connectivity index (χ4n) is 2.75. The lowest BCUT2D eigenvalue weighted by Crippen LogP contribution is -2.41. The number of carbonyl (C=O) groups is 1. The van der Waals surface area contributed by atoms with Gasteiger partial charge in [-0.3, -0.25) is 9.79 Å². The molecule has 1 aromatic rings. The third-order valence-corrected chi connectivity index (χ3v) is 5.33. The zero-order valence-corrected chi connectivity index (χ0v) is 16.3. The first-order valence-corrected chi connectivity index (χ1v) is 10.2. The summed E-state index contributed by atoms with van der Waals surface area (Å²) in [7, 11) is 1.74. The molecular formula is C18H27ClN4OS. The second-order valence-corrected chi connectivity index (χ2v) is 7.63. The number of nitrogens with zero attached hydrogens (tertiary/aromatic N) is 1. The van der Waals surface area contributed by atoms with E-state index in [1.54, 1.807) is 18.8 Å². The van der Waals surface area contributed by atoms with Gasteiger partial charge in [0.1, 0.15) is 0 Å². The molecule has 0 unspecified atom stereocenters. The highest BCUT2D eigenvalue weighted by Gasteiger charge is 2.16. The van der Waals surface area contributed by atoms with Gasteiger partial charge >= 0.3 is 0 Å². The Balaban J connectivity index is 1.55. The number of rotatable bonds is 8. The Kier molecular flexibility index (Phi) is 8.97. The van der Waals surface area contributed by atoms with Crippen molar-refractivity contribution in [2.75, 3.05) is 25.9 Å². The van der Waals surface area contributed by atoms with E-state index in [1.165, 1.54) is 17.7 Å². The molecule has 0 atom stereocenters. The molecule has 0 bridgehead atoms. The summed E-state index contributed by atoms with van der Waals surface area (Å²) in [5.41, 5.74) is 0. The van der Waals surface area contributed by atoms with Gasteiger partial charge in [0.05, 0.1) is 0 Å². The van der Waals surface area contributed by atoms with Crippen LogP contribution in [0.2, 0.25) is 5.02 Å². The summed E-state index contributed by atoms with van der Waals surface area (Å²) in [4.78, 5) is 17.3. The normalized spacial score (nSPS) is 15.2. The fourth-order valence-corrected chi connectivity index (χ4v) is 3.65. The molecular weight excluding hydrogens is 356 g/mol. The Hall–Kier alpha value is -1.40. The summed E-state index contributed by atoms with van der Waals surface area (Å²) in [6.45, 7) is 1.38. The minimum Gasteiger partial charge on any atom is -0.356 e. The molecule has 138 valence electrons. The average Bonchev–Trinajstić information content (AvgIpc) is 3.11. The lowest BCUT2D eigenvalue weighted by atomic mass is 10.2. The second kappa shape index (κ2) is 11.3. The largest absolute Gasteiger partial charge is 0.356 e. The Morgan fingerprint density at radius 1 is 1.20 bits per heavy atom. The van der Waals surface area contributed by atoms with Crippen LogP contribution in [0.1, 0.15) is 32.1 Å². The van der Waals surface area contributed by atoms with Crippen LogP contribution >= 0.6 is 23.4 Å². The summed E-state index contributed by atoms with van der Waals surface area (Å²) < 4.78 is 0. The SMILES string of the molecule is CN=C(NCCSc1ccc(Cl)cc1)NCCC(=O)NC1CCCC1. The number of hydrogen-bond donors (Lipinski definition) is 3. The number of nitrogens with one attached hydrogen (secondary N) is 3. The van der Waals surface area contributed by atoms with Crippen LogP contribution in [0.4, 0.5) is 0 Å². The molecule has 3 N–H and O–H groups in total. The summed E-state index contributed by atoms with van der Waals surface area (Å²) in [6.07, 6.45) is 5.17. The Bertz CT molecular complexity index is 559.